The van der Waals surface area contributed by atoms with Crippen molar-refractivity contribution in [2.24, 2.45) is 5.73 Å². The van der Waals surface area contributed by atoms with E-state index in [2.05, 4.69) is 5.32 Å². The van der Waals surface area contributed by atoms with Crippen LogP contribution in [0, 0.1) is 5.82 Å². The molecule has 0 spiro atoms. The van der Waals surface area contributed by atoms with Gasteiger partial charge in [-0.2, -0.15) is 0 Å². The summed E-state index contributed by atoms with van der Waals surface area (Å²) in [7, 11) is -0.952. The van der Waals surface area contributed by atoms with E-state index >= 15 is 0 Å². The highest BCUT2D eigenvalue weighted by molar-refractivity contribution is 7.92. The Morgan fingerprint density at radius 3 is 2.56 bits per heavy atom. The molecule has 0 saturated carbocycles. The van der Waals surface area contributed by atoms with E-state index < -0.39 is 46.0 Å². The minimum absolute atomic E-state index is 0.0334. The summed E-state index contributed by atoms with van der Waals surface area (Å²) >= 11 is 0. The van der Waals surface area contributed by atoms with Crippen molar-refractivity contribution in [3.05, 3.63) is 53.3 Å². The number of benzene rings is 2. The second-order valence-corrected chi connectivity index (χ2v) is 11.1. The zero-order chi connectivity index (χ0) is 28.5. The van der Waals surface area contributed by atoms with Gasteiger partial charge < -0.3 is 29.7 Å². The topological polar surface area (TPSA) is 150 Å². The largest absolute Gasteiger partial charge is 0.462 e. The predicted octanol–water partition coefficient (Wildman–Crippen LogP) is 2.34. The van der Waals surface area contributed by atoms with Crippen LogP contribution in [0.15, 0.2) is 40.8 Å². The maximum Gasteiger partial charge on any atom is 0.325 e. The number of hydrogen-bond donors (Lipinski definition) is 2. The molecule has 0 saturated heterocycles. The average molecular weight is 564 g/mol. The Bertz CT molecular complexity index is 1490. The second kappa shape index (κ2) is 11.3. The molecule has 4 rings (SSSR count). The van der Waals surface area contributed by atoms with Crippen LogP contribution in [0.1, 0.15) is 28.9 Å². The Balaban J connectivity index is 1.79. The van der Waals surface area contributed by atoms with Crippen molar-refractivity contribution >= 4 is 38.6 Å². The van der Waals surface area contributed by atoms with E-state index in [9.17, 15) is 22.4 Å². The van der Waals surface area contributed by atoms with E-state index in [-0.39, 0.29) is 36.7 Å². The Kier molecular flexibility index (Phi) is 8.25. The van der Waals surface area contributed by atoms with Gasteiger partial charge in [0, 0.05) is 36.7 Å². The van der Waals surface area contributed by atoms with E-state index in [1.165, 1.54) is 44.5 Å². The zero-order valence-electron chi connectivity index (χ0n) is 21.9. The van der Waals surface area contributed by atoms with Gasteiger partial charge in [-0.3, -0.25) is 13.9 Å². The Hall–Kier alpha value is -3.52. The third kappa shape index (κ3) is 5.91. The maximum absolute atomic E-state index is 13.6. The fraction of sp³-hybridized carbons (Fsp3) is 0.385. The molecule has 11 nitrogen and oxygen atoms in total. The van der Waals surface area contributed by atoms with Gasteiger partial charge in [-0.25, -0.2) is 12.8 Å². The minimum atomic E-state index is -3.83. The number of halogens is 1. The van der Waals surface area contributed by atoms with Crippen LogP contribution < -0.4 is 15.4 Å². The fourth-order valence-electron chi connectivity index (χ4n) is 4.47. The number of sulfonamides is 1. The van der Waals surface area contributed by atoms with Crippen LogP contribution in [0.3, 0.4) is 0 Å². The molecule has 210 valence electrons. The Labute approximate surface area is 225 Å². The second-order valence-electron chi connectivity index (χ2n) is 9.19. The van der Waals surface area contributed by atoms with Crippen LogP contribution in [0.25, 0.3) is 22.3 Å². The molecule has 0 unspecified atom stereocenters. The molecular weight excluding hydrogens is 533 g/mol. The number of methoxy groups -OCH3 is 1. The molecule has 13 heteroatoms. The molecule has 2 aromatic carbocycles. The molecule has 0 fully saturated rings. The maximum atomic E-state index is 13.6. The van der Waals surface area contributed by atoms with Gasteiger partial charge in [0.25, 0.3) is 5.91 Å². The number of furan rings is 1. The molecule has 1 aliphatic heterocycles. The van der Waals surface area contributed by atoms with Gasteiger partial charge in [-0.1, -0.05) is 0 Å². The highest BCUT2D eigenvalue weighted by Gasteiger charge is 2.34. The number of carbonyl (C=O) groups excluding carboxylic acids is 2. The number of nitrogens with two attached hydrogens (primary N) is 1. The van der Waals surface area contributed by atoms with Crippen molar-refractivity contribution in [1.29, 1.82) is 0 Å². The van der Waals surface area contributed by atoms with Gasteiger partial charge in [0.05, 0.1) is 36.8 Å². The SMILES string of the molecule is CNC(=O)c1c(-c2ccc(F)cc2)oc2cc3c(cc12)[C@H](C)O[C@H](COC(=O)[C@@H](N)COC)CN3S(C)(=O)=O. The number of fused-ring (bicyclic) bond motifs is 2. The molecule has 1 aliphatic rings. The number of hydrogen-bond acceptors (Lipinski definition) is 9. The van der Waals surface area contributed by atoms with Crippen molar-refractivity contribution in [3.8, 4) is 11.3 Å². The first-order valence-electron chi connectivity index (χ1n) is 12.1. The number of anilines is 1. The lowest BCUT2D eigenvalue weighted by molar-refractivity contribution is -0.151. The molecule has 0 radical (unpaired) electrons. The first-order chi connectivity index (χ1) is 18.4. The summed E-state index contributed by atoms with van der Waals surface area (Å²) in [5.41, 5.74) is 7.43. The third-order valence-corrected chi connectivity index (χ3v) is 7.48. The van der Waals surface area contributed by atoms with Gasteiger partial charge in [-0.15, -0.1) is 0 Å². The molecule has 3 N–H and O–H groups in total. The van der Waals surface area contributed by atoms with Crippen LogP contribution >= 0.6 is 0 Å². The first-order valence-corrected chi connectivity index (χ1v) is 13.9. The number of amides is 1. The molecule has 0 bridgehead atoms. The van der Waals surface area contributed by atoms with Gasteiger partial charge >= 0.3 is 5.97 Å². The van der Waals surface area contributed by atoms with Crippen LogP contribution in [0.4, 0.5) is 10.1 Å². The van der Waals surface area contributed by atoms with Crippen molar-refractivity contribution in [2.45, 2.75) is 25.2 Å². The molecule has 39 heavy (non-hydrogen) atoms. The molecule has 1 aromatic heterocycles. The third-order valence-electron chi connectivity index (χ3n) is 6.33. The van der Waals surface area contributed by atoms with Crippen LogP contribution in [0.2, 0.25) is 0 Å². The van der Waals surface area contributed by atoms with Crippen molar-refractivity contribution < 1.29 is 41.0 Å². The summed E-state index contributed by atoms with van der Waals surface area (Å²) in [5.74, 6) is -1.38. The summed E-state index contributed by atoms with van der Waals surface area (Å²) in [5, 5.41) is 3.01. The standard InChI is InChI=1S/C26H30FN3O8S/c1-14-18-9-19-22(38-24(23(19)25(31)29-2)15-5-7-16(27)8-6-15)10-21(18)30(39(4,33)34)11-17(37-14)12-36-26(32)20(28)13-35-3/h5-10,14,17,20H,11-13,28H2,1-4H3,(H,29,31)/t14-,17-,20-/m0/s1. The van der Waals surface area contributed by atoms with E-state index in [4.69, 9.17) is 24.4 Å². The van der Waals surface area contributed by atoms with Crippen molar-refractivity contribution in [3.63, 3.8) is 0 Å². The van der Waals surface area contributed by atoms with E-state index in [0.717, 1.165) is 10.6 Å². The Morgan fingerprint density at radius 2 is 1.95 bits per heavy atom. The lowest BCUT2D eigenvalue weighted by Gasteiger charge is -2.25. The fourth-order valence-corrected chi connectivity index (χ4v) is 5.42. The lowest BCUT2D eigenvalue weighted by atomic mass is 10.0. The number of nitrogens with zero attached hydrogens (tertiary/aromatic N) is 1. The minimum Gasteiger partial charge on any atom is -0.462 e. The summed E-state index contributed by atoms with van der Waals surface area (Å²) in [6.07, 6.45) is -0.425. The highest BCUT2D eigenvalue weighted by Crippen LogP contribution is 2.42. The monoisotopic (exact) mass is 563 g/mol. The van der Waals surface area contributed by atoms with E-state index in [1.807, 2.05) is 0 Å². The normalized spacial score (nSPS) is 18.4. The van der Waals surface area contributed by atoms with Gasteiger partial charge in [0.1, 0.15) is 35.9 Å². The Morgan fingerprint density at radius 1 is 1.26 bits per heavy atom. The first kappa shape index (κ1) is 28.5. The lowest BCUT2D eigenvalue weighted by Crippen LogP contribution is -2.41. The van der Waals surface area contributed by atoms with Gasteiger partial charge in [0.2, 0.25) is 10.0 Å². The number of carbonyl (C=O) groups is 2. The summed E-state index contributed by atoms with van der Waals surface area (Å²) < 4.78 is 62.8. The van der Waals surface area contributed by atoms with Gasteiger partial charge in [0.15, 0.2) is 0 Å². The highest BCUT2D eigenvalue weighted by atomic mass is 32.2. The molecule has 0 aliphatic carbocycles. The summed E-state index contributed by atoms with van der Waals surface area (Å²) in [6.45, 7) is 1.30. The van der Waals surface area contributed by atoms with Crippen LogP contribution in [-0.2, 0) is 29.0 Å². The number of nitrogens with one attached hydrogen (secondary N) is 1. The number of ether oxygens (including phenoxy) is 3. The predicted molar refractivity (Wildman–Crippen MR) is 141 cm³/mol. The van der Waals surface area contributed by atoms with Crippen molar-refractivity contribution in [2.75, 3.05) is 44.5 Å². The van der Waals surface area contributed by atoms with Crippen molar-refractivity contribution in [1.82, 2.24) is 5.32 Å². The quantitative estimate of drug-likeness (QED) is 0.394. The zero-order valence-corrected chi connectivity index (χ0v) is 22.7. The van der Waals surface area contributed by atoms with E-state index in [0.29, 0.717) is 22.2 Å². The summed E-state index contributed by atoms with van der Waals surface area (Å²) in [6, 6.07) is 7.67. The smallest absolute Gasteiger partial charge is 0.325 e. The van der Waals surface area contributed by atoms with Crippen LogP contribution in [-0.4, -0.2) is 72.6 Å². The molecular formula is C26H30FN3O8S. The van der Waals surface area contributed by atoms with E-state index in [1.54, 1.807) is 13.0 Å². The molecule has 3 atom stereocenters. The van der Waals surface area contributed by atoms with Gasteiger partial charge in [-0.05, 0) is 37.3 Å². The number of rotatable bonds is 8. The number of esters is 1. The van der Waals surface area contributed by atoms with Crippen LogP contribution in [0.5, 0.6) is 0 Å². The summed E-state index contributed by atoms with van der Waals surface area (Å²) in [4.78, 5) is 25.1. The molecule has 1 amide bonds. The molecule has 3 aromatic rings. The average Bonchev–Trinajstić information content (AvgIpc) is 3.19. The molecule has 2 heterocycles.